The maximum absolute atomic E-state index is 13.0. The Hall–Kier alpha value is -2.14. The number of hydrogen-bond acceptors (Lipinski definition) is 3. The number of carbonyl (C=O) groups excluding carboxylic acids is 1. The van der Waals surface area contributed by atoms with Crippen LogP contribution in [0.4, 0.5) is 0 Å². The summed E-state index contributed by atoms with van der Waals surface area (Å²) in [5, 5.41) is 4.30. The highest BCUT2D eigenvalue weighted by molar-refractivity contribution is 5.80. The van der Waals surface area contributed by atoms with Crippen molar-refractivity contribution < 1.29 is 9.53 Å². The number of hydrogen-bond donors (Lipinski definition) is 0. The topological polar surface area (TPSA) is 47.4 Å². The van der Waals surface area contributed by atoms with Crippen molar-refractivity contribution in [2.24, 2.45) is 13.0 Å². The Morgan fingerprint density at radius 3 is 2.57 bits per heavy atom. The second kappa shape index (κ2) is 5.49. The summed E-state index contributed by atoms with van der Waals surface area (Å²) in [5.41, 5.74) is 4.63. The van der Waals surface area contributed by atoms with Crippen LogP contribution in [0.3, 0.4) is 0 Å². The smallest absolute Gasteiger partial charge is 0.229 e. The van der Waals surface area contributed by atoms with Crippen LogP contribution in [0.2, 0.25) is 0 Å². The van der Waals surface area contributed by atoms with Gasteiger partial charge in [-0.15, -0.1) is 0 Å². The molecule has 0 saturated carbocycles. The first-order chi connectivity index (χ1) is 11.1. The van der Waals surface area contributed by atoms with Crippen molar-refractivity contribution in [2.75, 3.05) is 6.61 Å². The summed E-state index contributed by atoms with van der Waals surface area (Å²) in [6, 6.07) is 8.29. The molecule has 2 aliphatic heterocycles. The zero-order valence-electron chi connectivity index (χ0n) is 13.5. The molecule has 4 rings (SSSR count). The van der Waals surface area contributed by atoms with E-state index in [1.165, 1.54) is 11.1 Å². The Labute approximate surface area is 135 Å². The predicted molar refractivity (Wildman–Crippen MR) is 85.4 cm³/mol. The lowest BCUT2D eigenvalue weighted by atomic mass is 9.94. The fourth-order valence-corrected chi connectivity index (χ4v) is 3.67. The van der Waals surface area contributed by atoms with Gasteiger partial charge >= 0.3 is 0 Å². The van der Waals surface area contributed by atoms with Gasteiger partial charge in [0.15, 0.2) is 0 Å². The largest absolute Gasteiger partial charge is 0.373 e. The van der Waals surface area contributed by atoms with Crippen LogP contribution in [0.15, 0.2) is 30.5 Å². The Morgan fingerprint density at radius 2 is 1.96 bits per heavy atom. The molecule has 0 unspecified atom stereocenters. The van der Waals surface area contributed by atoms with Crippen molar-refractivity contribution in [3.05, 3.63) is 52.8 Å². The molecule has 2 aromatic rings. The number of aryl methyl sites for hydroxylation is 1. The second-order valence-corrected chi connectivity index (χ2v) is 6.46. The van der Waals surface area contributed by atoms with Gasteiger partial charge in [0, 0.05) is 38.0 Å². The molecule has 1 amide bonds. The van der Waals surface area contributed by atoms with E-state index in [0.717, 1.165) is 17.7 Å². The van der Waals surface area contributed by atoms with E-state index in [9.17, 15) is 4.79 Å². The molecule has 5 nitrogen and oxygen atoms in total. The molecule has 0 spiro atoms. The lowest BCUT2D eigenvalue weighted by Gasteiger charge is -2.23. The van der Waals surface area contributed by atoms with Gasteiger partial charge in [0.25, 0.3) is 0 Å². The predicted octanol–water partition coefficient (Wildman–Crippen LogP) is 2.35. The average Bonchev–Trinajstić information content (AvgIpc) is 3.26. The molecule has 23 heavy (non-hydrogen) atoms. The number of amides is 1. The van der Waals surface area contributed by atoms with Crippen LogP contribution in [0.25, 0.3) is 0 Å². The molecule has 1 aromatic carbocycles. The van der Waals surface area contributed by atoms with E-state index in [1.807, 2.05) is 41.9 Å². The van der Waals surface area contributed by atoms with Gasteiger partial charge in [0.2, 0.25) is 5.91 Å². The standard InChI is InChI=1S/C18H21N3O2/c1-12-16(9-19-20(12)2)17-15(7-8-23-17)18(22)21-10-13-5-3-4-6-14(13)11-21/h3-6,9,15,17H,7-8,10-11H2,1-2H3/t15-,17-/m0/s1. The highest BCUT2D eigenvalue weighted by Crippen LogP contribution is 2.38. The maximum atomic E-state index is 13.0. The van der Waals surface area contributed by atoms with Crippen molar-refractivity contribution in [2.45, 2.75) is 32.5 Å². The Morgan fingerprint density at radius 1 is 1.26 bits per heavy atom. The van der Waals surface area contributed by atoms with E-state index in [2.05, 4.69) is 17.2 Å². The zero-order valence-corrected chi connectivity index (χ0v) is 13.5. The van der Waals surface area contributed by atoms with Gasteiger partial charge < -0.3 is 9.64 Å². The van der Waals surface area contributed by atoms with E-state index in [-0.39, 0.29) is 17.9 Å². The van der Waals surface area contributed by atoms with Gasteiger partial charge in [-0.05, 0) is 24.5 Å². The van der Waals surface area contributed by atoms with Crippen molar-refractivity contribution in [3.63, 3.8) is 0 Å². The van der Waals surface area contributed by atoms with Crippen LogP contribution in [-0.4, -0.2) is 27.2 Å². The average molecular weight is 311 g/mol. The van der Waals surface area contributed by atoms with Crippen LogP contribution >= 0.6 is 0 Å². The first-order valence-corrected chi connectivity index (χ1v) is 8.11. The number of rotatable bonds is 2. The Kier molecular flexibility index (Phi) is 3.45. The first-order valence-electron chi connectivity index (χ1n) is 8.11. The maximum Gasteiger partial charge on any atom is 0.229 e. The number of ether oxygens (including phenoxy) is 1. The number of aromatic nitrogens is 2. The second-order valence-electron chi connectivity index (χ2n) is 6.46. The minimum absolute atomic E-state index is 0.104. The molecule has 0 aliphatic carbocycles. The molecule has 5 heteroatoms. The summed E-state index contributed by atoms with van der Waals surface area (Å²) in [4.78, 5) is 15.0. The highest BCUT2D eigenvalue weighted by atomic mass is 16.5. The van der Waals surface area contributed by atoms with E-state index >= 15 is 0 Å². The van der Waals surface area contributed by atoms with Crippen molar-refractivity contribution in [1.82, 2.24) is 14.7 Å². The third kappa shape index (κ3) is 2.36. The quantitative estimate of drug-likeness (QED) is 0.855. The summed E-state index contributed by atoms with van der Waals surface area (Å²) in [7, 11) is 1.92. The molecule has 2 aliphatic rings. The summed E-state index contributed by atoms with van der Waals surface area (Å²) < 4.78 is 7.74. The number of benzene rings is 1. The molecule has 1 fully saturated rings. The molecular formula is C18H21N3O2. The third-order valence-electron chi connectivity index (χ3n) is 5.14. The lowest BCUT2D eigenvalue weighted by molar-refractivity contribution is -0.138. The Bertz CT molecular complexity index is 727. The van der Waals surface area contributed by atoms with Gasteiger partial charge in [-0.1, -0.05) is 24.3 Å². The summed E-state index contributed by atoms with van der Waals surface area (Å²) in [5.74, 6) is 0.0964. The van der Waals surface area contributed by atoms with Gasteiger partial charge in [-0.3, -0.25) is 9.48 Å². The number of fused-ring (bicyclic) bond motifs is 1. The molecule has 1 aromatic heterocycles. The van der Waals surface area contributed by atoms with Crippen LogP contribution in [0.1, 0.15) is 34.9 Å². The van der Waals surface area contributed by atoms with Crippen molar-refractivity contribution >= 4 is 5.91 Å². The minimum Gasteiger partial charge on any atom is -0.373 e. The van der Waals surface area contributed by atoms with Crippen molar-refractivity contribution in [1.29, 1.82) is 0 Å². The van der Waals surface area contributed by atoms with Gasteiger partial charge in [-0.2, -0.15) is 5.10 Å². The van der Waals surface area contributed by atoms with E-state index in [0.29, 0.717) is 19.7 Å². The van der Waals surface area contributed by atoms with Gasteiger partial charge in [0.1, 0.15) is 0 Å². The number of nitrogens with zero attached hydrogens (tertiary/aromatic N) is 3. The van der Waals surface area contributed by atoms with E-state index in [1.54, 1.807) is 0 Å². The highest BCUT2D eigenvalue weighted by Gasteiger charge is 2.40. The summed E-state index contributed by atoms with van der Waals surface area (Å²) in [6.07, 6.45) is 2.45. The summed E-state index contributed by atoms with van der Waals surface area (Å²) >= 11 is 0. The molecular weight excluding hydrogens is 290 g/mol. The number of carbonyl (C=O) groups is 1. The SMILES string of the molecule is Cc1c([C@H]2OCC[C@@H]2C(=O)N2Cc3ccccc3C2)cnn1C. The van der Waals surface area contributed by atoms with Gasteiger partial charge in [-0.25, -0.2) is 0 Å². The molecule has 0 bridgehead atoms. The third-order valence-corrected chi connectivity index (χ3v) is 5.14. The van der Waals surface area contributed by atoms with E-state index in [4.69, 9.17) is 4.74 Å². The monoisotopic (exact) mass is 311 g/mol. The normalized spacial score (nSPS) is 23.3. The fraction of sp³-hybridized carbons (Fsp3) is 0.444. The van der Waals surface area contributed by atoms with Crippen LogP contribution in [0, 0.1) is 12.8 Å². The molecule has 0 radical (unpaired) electrons. The van der Waals surface area contributed by atoms with E-state index < -0.39 is 0 Å². The minimum atomic E-state index is -0.167. The molecule has 0 N–H and O–H groups in total. The van der Waals surface area contributed by atoms with Crippen LogP contribution in [-0.2, 0) is 29.7 Å². The van der Waals surface area contributed by atoms with Crippen molar-refractivity contribution in [3.8, 4) is 0 Å². The zero-order chi connectivity index (χ0) is 16.0. The van der Waals surface area contributed by atoms with Crippen LogP contribution in [0.5, 0.6) is 0 Å². The molecule has 1 saturated heterocycles. The lowest BCUT2D eigenvalue weighted by Crippen LogP contribution is -2.33. The van der Waals surface area contributed by atoms with Gasteiger partial charge in [0.05, 0.1) is 18.2 Å². The first kappa shape index (κ1) is 14.5. The van der Waals surface area contributed by atoms with Crippen LogP contribution < -0.4 is 0 Å². The fourth-order valence-electron chi connectivity index (χ4n) is 3.67. The molecule has 120 valence electrons. The molecule has 3 heterocycles. The summed E-state index contributed by atoms with van der Waals surface area (Å²) in [6.45, 7) is 4.09. The molecule has 2 atom stereocenters. The Balaban J connectivity index is 1.56.